The molecule has 0 aliphatic heterocycles. The van der Waals surface area contributed by atoms with Gasteiger partial charge in [-0.2, -0.15) is 0 Å². The fourth-order valence-electron chi connectivity index (χ4n) is 1.79. The van der Waals surface area contributed by atoms with E-state index in [0.29, 0.717) is 11.2 Å². The second-order valence-electron chi connectivity index (χ2n) is 4.50. The van der Waals surface area contributed by atoms with Crippen LogP contribution in [0.5, 0.6) is 0 Å². The summed E-state index contributed by atoms with van der Waals surface area (Å²) in [4.78, 5) is 14.2. The third-order valence-electron chi connectivity index (χ3n) is 3.34. The molecule has 0 radical (unpaired) electrons. The minimum absolute atomic E-state index is 0.0335. The monoisotopic (exact) mass is 255 g/mol. The van der Waals surface area contributed by atoms with E-state index >= 15 is 0 Å². The van der Waals surface area contributed by atoms with Crippen molar-refractivity contribution in [2.45, 2.75) is 26.2 Å². The molecule has 0 spiro atoms. The second kappa shape index (κ2) is 4.49. The first kappa shape index (κ1) is 12.1. The van der Waals surface area contributed by atoms with E-state index in [4.69, 9.17) is 11.6 Å². The first-order valence-electron chi connectivity index (χ1n) is 5.60. The van der Waals surface area contributed by atoms with Crippen LogP contribution in [0.3, 0.4) is 0 Å². The molecule has 0 saturated heterocycles. The lowest BCUT2D eigenvalue weighted by Gasteiger charge is -2.13. The highest BCUT2D eigenvalue weighted by Crippen LogP contribution is 2.48. The van der Waals surface area contributed by atoms with Gasteiger partial charge in [-0.15, -0.1) is 0 Å². The van der Waals surface area contributed by atoms with Crippen LogP contribution in [0.15, 0.2) is 12.1 Å². The van der Waals surface area contributed by atoms with E-state index in [1.54, 1.807) is 0 Å². The Bertz CT molecular complexity index is 446. The van der Waals surface area contributed by atoms with Crippen LogP contribution in [0.25, 0.3) is 0 Å². The normalized spacial score (nSPS) is 16.6. The summed E-state index contributed by atoms with van der Waals surface area (Å²) in [6, 6.07) is 2.66. The van der Waals surface area contributed by atoms with Gasteiger partial charge in [0.25, 0.3) is 5.69 Å². The van der Waals surface area contributed by atoms with Gasteiger partial charge in [0.1, 0.15) is 11.0 Å². The zero-order chi connectivity index (χ0) is 12.5. The van der Waals surface area contributed by atoms with E-state index in [9.17, 15) is 10.1 Å². The van der Waals surface area contributed by atoms with Crippen LogP contribution >= 0.6 is 11.6 Å². The molecule has 1 saturated carbocycles. The summed E-state index contributed by atoms with van der Waals surface area (Å²) in [5, 5.41) is 13.9. The number of nitro groups is 1. The number of pyridine rings is 1. The van der Waals surface area contributed by atoms with Crippen molar-refractivity contribution >= 4 is 23.1 Å². The summed E-state index contributed by atoms with van der Waals surface area (Å²) in [5.41, 5.74) is 0.326. The van der Waals surface area contributed by atoms with Gasteiger partial charge in [-0.25, -0.2) is 4.98 Å². The topological polar surface area (TPSA) is 68.1 Å². The first-order valence-corrected chi connectivity index (χ1v) is 5.98. The van der Waals surface area contributed by atoms with Gasteiger partial charge in [0.2, 0.25) is 0 Å². The molecule has 1 fully saturated rings. The van der Waals surface area contributed by atoms with E-state index < -0.39 is 4.92 Å². The van der Waals surface area contributed by atoms with Crippen molar-refractivity contribution in [3.05, 3.63) is 27.4 Å². The Balaban J connectivity index is 2.07. The Morgan fingerprint density at radius 1 is 1.59 bits per heavy atom. The zero-order valence-electron chi connectivity index (χ0n) is 9.57. The third-order valence-corrected chi connectivity index (χ3v) is 3.53. The lowest BCUT2D eigenvalue weighted by molar-refractivity contribution is -0.384. The average molecular weight is 256 g/mol. The molecule has 0 bridgehead atoms. The molecule has 0 aromatic carbocycles. The Kier molecular flexibility index (Phi) is 3.19. The molecule has 1 heterocycles. The lowest BCUT2D eigenvalue weighted by atomic mass is 10.0. The molecule has 1 aliphatic rings. The predicted octanol–water partition coefficient (Wildman–Crippen LogP) is 3.25. The molecule has 1 N–H and O–H groups in total. The highest BCUT2D eigenvalue weighted by atomic mass is 35.5. The number of rotatable bonds is 5. The van der Waals surface area contributed by atoms with Gasteiger partial charge in [-0.05, 0) is 24.7 Å². The van der Waals surface area contributed by atoms with E-state index in [1.807, 2.05) is 0 Å². The molecule has 0 amide bonds. The molecule has 1 aliphatic carbocycles. The molecule has 0 atom stereocenters. The van der Waals surface area contributed by atoms with E-state index in [2.05, 4.69) is 17.2 Å². The highest BCUT2D eigenvalue weighted by molar-refractivity contribution is 6.29. The SMILES string of the molecule is CCC1(CNc2cc([N+](=O)[O-])cc(Cl)n2)CC1. The standard InChI is InChI=1S/C11H14ClN3O2/c1-2-11(3-4-11)7-13-10-6-8(15(16)17)5-9(12)14-10/h5-6H,2-4,7H2,1H3,(H,13,14). The summed E-state index contributed by atoms with van der Waals surface area (Å²) >= 11 is 5.74. The summed E-state index contributed by atoms with van der Waals surface area (Å²) in [7, 11) is 0. The summed E-state index contributed by atoms with van der Waals surface area (Å²) < 4.78 is 0. The van der Waals surface area contributed by atoms with Crippen molar-refractivity contribution in [1.29, 1.82) is 0 Å². The number of hydrogen-bond donors (Lipinski definition) is 1. The van der Waals surface area contributed by atoms with Crippen LogP contribution in [-0.2, 0) is 0 Å². The van der Waals surface area contributed by atoms with Crippen molar-refractivity contribution in [2.24, 2.45) is 5.41 Å². The molecule has 92 valence electrons. The smallest absolute Gasteiger partial charge is 0.276 e. The number of nitrogens with one attached hydrogen (secondary N) is 1. The Labute approximate surface area is 104 Å². The summed E-state index contributed by atoms with van der Waals surface area (Å²) in [6.45, 7) is 2.95. The zero-order valence-corrected chi connectivity index (χ0v) is 10.3. The fourth-order valence-corrected chi connectivity index (χ4v) is 1.99. The van der Waals surface area contributed by atoms with Gasteiger partial charge in [0.15, 0.2) is 0 Å². The summed E-state index contributed by atoms with van der Waals surface area (Å²) in [5.74, 6) is 0.476. The van der Waals surface area contributed by atoms with E-state index in [-0.39, 0.29) is 10.8 Å². The number of anilines is 1. The fraction of sp³-hybridized carbons (Fsp3) is 0.545. The van der Waals surface area contributed by atoms with Crippen molar-refractivity contribution in [2.75, 3.05) is 11.9 Å². The molecule has 2 rings (SSSR count). The van der Waals surface area contributed by atoms with Crippen LogP contribution in [0.2, 0.25) is 5.15 Å². The number of aromatic nitrogens is 1. The lowest BCUT2D eigenvalue weighted by Crippen LogP contribution is -2.15. The summed E-state index contributed by atoms with van der Waals surface area (Å²) in [6.07, 6.45) is 3.53. The molecule has 1 aromatic heterocycles. The van der Waals surface area contributed by atoms with Crippen molar-refractivity contribution in [3.8, 4) is 0 Å². The van der Waals surface area contributed by atoms with Gasteiger partial charge in [0, 0.05) is 6.54 Å². The van der Waals surface area contributed by atoms with Crippen LogP contribution in [0.1, 0.15) is 26.2 Å². The van der Waals surface area contributed by atoms with Crippen LogP contribution in [0, 0.1) is 15.5 Å². The van der Waals surface area contributed by atoms with Crippen LogP contribution in [0.4, 0.5) is 11.5 Å². The molecule has 17 heavy (non-hydrogen) atoms. The van der Waals surface area contributed by atoms with Gasteiger partial charge >= 0.3 is 0 Å². The number of nitrogens with zero attached hydrogens (tertiary/aromatic N) is 2. The number of halogens is 1. The Hall–Kier alpha value is -1.36. The van der Waals surface area contributed by atoms with E-state index in [1.165, 1.54) is 25.0 Å². The molecule has 0 unspecified atom stereocenters. The minimum atomic E-state index is -0.467. The maximum Gasteiger partial charge on any atom is 0.276 e. The molecule has 5 nitrogen and oxygen atoms in total. The van der Waals surface area contributed by atoms with Gasteiger partial charge < -0.3 is 5.32 Å². The first-order chi connectivity index (χ1) is 8.04. The Morgan fingerprint density at radius 2 is 2.29 bits per heavy atom. The van der Waals surface area contributed by atoms with Crippen LogP contribution < -0.4 is 5.32 Å². The van der Waals surface area contributed by atoms with Crippen molar-refractivity contribution in [1.82, 2.24) is 4.98 Å². The van der Waals surface area contributed by atoms with Gasteiger partial charge in [-0.3, -0.25) is 10.1 Å². The quantitative estimate of drug-likeness (QED) is 0.498. The Morgan fingerprint density at radius 3 is 2.82 bits per heavy atom. The minimum Gasteiger partial charge on any atom is -0.369 e. The molecular formula is C11H14ClN3O2. The van der Waals surface area contributed by atoms with Crippen LogP contribution in [-0.4, -0.2) is 16.5 Å². The predicted molar refractivity (Wildman–Crippen MR) is 66.3 cm³/mol. The van der Waals surface area contributed by atoms with E-state index in [0.717, 1.165) is 13.0 Å². The van der Waals surface area contributed by atoms with Gasteiger partial charge in [0.05, 0.1) is 17.1 Å². The average Bonchev–Trinajstić information content (AvgIpc) is 3.06. The molecular weight excluding hydrogens is 242 g/mol. The van der Waals surface area contributed by atoms with Crippen molar-refractivity contribution in [3.63, 3.8) is 0 Å². The maximum atomic E-state index is 10.7. The second-order valence-corrected chi connectivity index (χ2v) is 4.88. The van der Waals surface area contributed by atoms with Gasteiger partial charge in [-0.1, -0.05) is 18.5 Å². The van der Waals surface area contributed by atoms with Crippen molar-refractivity contribution < 1.29 is 4.92 Å². The number of hydrogen-bond acceptors (Lipinski definition) is 4. The maximum absolute atomic E-state index is 10.7. The molecule has 1 aromatic rings. The largest absolute Gasteiger partial charge is 0.369 e. The molecule has 6 heteroatoms. The highest BCUT2D eigenvalue weighted by Gasteiger charge is 2.40. The third kappa shape index (κ3) is 2.85.